The Bertz CT molecular complexity index is 922. The molecule has 2 aliphatic heterocycles. The lowest BCUT2D eigenvalue weighted by atomic mass is 10.1. The number of benzene rings is 1. The largest absolute Gasteiger partial charge is 0.469 e. The molecule has 0 saturated carbocycles. The van der Waals surface area contributed by atoms with Gasteiger partial charge in [0.05, 0.1) is 5.56 Å². The molecule has 7 heteroatoms. The summed E-state index contributed by atoms with van der Waals surface area (Å²) in [5, 5.41) is 2.63. The van der Waals surface area contributed by atoms with E-state index in [0.29, 0.717) is 29.4 Å². The van der Waals surface area contributed by atoms with Crippen LogP contribution in [-0.4, -0.2) is 48.6 Å². The topological polar surface area (TPSA) is 74.8 Å². The third kappa shape index (κ3) is 3.28. The standard InChI is InChI=1S/C21H24N4O3/c1-14-10-15(20(26)22-2)6-7-17(14)25-13-28-18-11-16(12-23-19(18)25)21(27)24-8-4-3-5-9-24/h6-7,10-12H,3-5,8-9,13H2,1-2H3,(H,22,26). The number of nitrogens with zero attached hydrogens (tertiary/aromatic N) is 3. The quantitative estimate of drug-likeness (QED) is 0.886. The van der Waals surface area contributed by atoms with Crippen LogP contribution in [0.1, 0.15) is 45.5 Å². The molecule has 1 saturated heterocycles. The second-order valence-electron chi connectivity index (χ2n) is 7.18. The molecule has 2 aliphatic rings. The van der Waals surface area contributed by atoms with Gasteiger partial charge in [0.25, 0.3) is 11.8 Å². The summed E-state index contributed by atoms with van der Waals surface area (Å²) in [4.78, 5) is 32.9. The second kappa shape index (κ2) is 7.50. The van der Waals surface area contributed by atoms with Gasteiger partial charge in [-0.15, -0.1) is 0 Å². The number of rotatable bonds is 3. The fourth-order valence-corrected chi connectivity index (χ4v) is 3.77. The third-order valence-corrected chi connectivity index (χ3v) is 5.30. The molecule has 4 rings (SSSR count). The van der Waals surface area contributed by atoms with E-state index >= 15 is 0 Å². The first-order valence-electron chi connectivity index (χ1n) is 9.61. The smallest absolute Gasteiger partial charge is 0.255 e. The lowest BCUT2D eigenvalue weighted by molar-refractivity contribution is 0.0723. The van der Waals surface area contributed by atoms with Gasteiger partial charge < -0.3 is 15.0 Å². The van der Waals surface area contributed by atoms with Gasteiger partial charge in [-0.05, 0) is 56.0 Å². The summed E-state index contributed by atoms with van der Waals surface area (Å²) in [5.74, 6) is 1.19. The Kier molecular flexibility index (Phi) is 4.90. The summed E-state index contributed by atoms with van der Waals surface area (Å²) in [5.41, 5.74) is 3.05. The molecular formula is C21H24N4O3. The van der Waals surface area contributed by atoms with Gasteiger partial charge in [0.2, 0.25) is 0 Å². The molecule has 1 fully saturated rings. The number of nitrogens with one attached hydrogen (secondary N) is 1. The number of fused-ring (bicyclic) bond motifs is 1. The summed E-state index contributed by atoms with van der Waals surface area (Å²) in [6.45, 7) is 3.89. The number of carbonyl (C=O) groups is 2. The van der Waals surface area contributed by atoms with Crippen molar-refractivity contribution in [3.8, 4) is 5.75 Å². The monoisotopic (exact) mass is 380 g/mol. The van der Waals surface area contributed by atoms with Crippen molar-refractivity contribution in [3.63, 3.8) is 0 Å². The normalized spacial score (nSPS) is 15.8. The third-order valence-electron chi connectivity index (χ3n) is 5.30. The van der Waals surface area contributed by atoms with Crippen LogP contribution in [0.15, 0.2) is 30.5 Å². The molecule has 1 aromatic heterocycles. The SMILES string of the molecule is CNC(=O)c1ccc(N2COc3cc(C(=O)N4CCCCC4)cnc32)c(C)c1. The molecule has 0 aliphatic carbocycles. The second-order valence-corrected chi connectivity index (χ2v) is 7.18. The highest BCUT2D eigenvalue weighted by Gasteiger charge is 2.27. The number of hydrogen-bond acceptors (Lipinski definition) is 5. The van der Waals surface area contributed by atoms with Crippen molar-refractivity contribution in [1.82, 2.24) is 15.2 Å². The summed E-state index contributed by atoms with van der Waals surface area (Å²) in [7, 11) is 1.61. The van der Waals surface area contributed by atoms with E-state index in [2.05, 4.69) is 10.3 Å². The number of pyridine rings is 1. The molecule has 2 amide bonds. The van der Waals surface area contributed by atoms with Gasteiger partial charge in [0, 0.05) is 37.6 Å². The van der Waals surface area contributed by atoms with Gasteiger partial charge >= 0.3 is 0 Å². The number of carbonyl (C=O) groups excluding carboxylic acids is 2. The molecule has 1 N–H and O–H groups in total. The Balaban J connectivity index is 1.58. The first-order valence-corrected chi connectivity index (χ1v) is 9.61. The maximum atomic E-state index is 12.7. The lowest BCUT2D eigenvalue weighted by Crippen LogP contribution is -2.35. The van der Waals surface area contributed by atoms with E-state index in [1.165, 1.54) is 6.42 Å². The molecule has 0 spiro atoms. The molecule has 3 heterocycles. The molecule has 1 aromatic carbocycles. The van der Waals surface area contributed by atoms with E-state index in [0.717, 1.165) is 37.2 Å². The van der Waals surface area contributed by atoms with Crippen LogP contribution in [0.2, 0.25) is 0 Å². The highest BCUT2D eigenvalue weighted by Crippen LogP contribution is 2.39. The van der Waals surface area contributed by atoms with E-state index in [9.17, 15) is 9.59 Å². The minimum atomic E-state index is -0.119. The van der Waals surface area contributed by atoms with Crippen LogP contribution in [0.3, 0.4) is 0 Å². The number of hydrogen-bond donors (Lipinski definition) is 1. The van der Waals surface area contributed by atoms with E-state index in [1.807, 2.05) is 28.9 Å². The average molecular weight is 380 g/mol. The van der Waals surface area contributed by atoms with Gasteiger partial charge in [-0.1, -0.05) is 0 Å². The van der Waals surface area contributed by atoms with Crippen molar-refractivity contribution in [2.45, 2.75) is 26.2 Å². The van der Waals surface area contributed by atoms with Crippen molar-refractivity contribution in [2.24, 2.45) is 0 Å². The minimum Gasteiger partial charge on any atom is -0.469 e. The van der Waals surface area contributed by atoms with Crippen molar-refractivity contribution in [2.75, 3.05) is 31.8 Å². The summed E-state index contributed by atoms with van der Waals surface area (Å²) >= 11 is 0. The van der Waals surface area contributed by atoms with Crippen molar-refractivity contribution in [3.05, 3.63) is 47.2 Å². The van der Waals surface area contributed by atoms with Gasteiger partial charge in [-0.3, -0.25) is 14.5 Å². The zero-order valence-electron chi connectivity index (χ0n) is 16.2. The molecule has 28 heavy (non-hydrogen) atoms. The molecule has 0 unspecified atom stereocenters. The van der Waals surface area contributed by atoms with Crippen LogP contribution in [0.25, 0.3) is 0 Å². The minimum absolute atomic E-state index is 0.0168. The Morgan fingerprint density at radius 2 is 1.89 bits per heavy atom. The van der Waals surface area contributed by atoms with Crippen molar-refractivity contribution < 1.29 is 14.3 Å². The van der Waals surface area contributed by atoms with Crippen LogP contribution in [-0.2, 0) is 0 Å². The summed E-state index contributed by atoms with van der Waals surface area (Å²) < 4.78 is 5.81. The van der Waals surface area contributed by atoms with Crippen LogP contribution < -0.4 is 15.0 Å². The van der Waals surface area contributed by atoms with Gasteiger partial charge in [0.1, 0.15) is 0 Å². The van der Waals surface area contributed by atoms with Crippen LogP contribution in [0.4, 0.5) is 11.5 Å². The van der Waals surface area contributed by atoms with E-state index in [1.54, 1.807) is 25.4 Å². The highest BCUT2D eigenvalue weighted by molar-refractivity contribution is 5.96. The Hall–Kier alpha value is -3.09. The van der Waals surface area contributed by atoms with Gasteiger partial charge in [0.15, 0.2) is 18.3 Å². The highest BCUT2D eigenvalue weighted by atomic mass is 16.5. The number of aryl methyl sites for hydroxylation is 1. The van der Waals surface area contributed by atoms with Gasteiger partial charge in [-0.2, -0.15) is 0 Å². The van der Waals surface area contributed by atoms with E-state index < -0.39 is 0 Å². The Morgan fingerprint density at radius 3 is 2.61 bits per heavy atom. The van der Waals surface area contributed by atoms with Crippen LogP contribution >= 0.6 is 0 Å². The molecule has 0 bridgehead atoms. The number of likely N-dealkylation sites (tertiary alicyclic amines) is 1. The van der Waals surface area contributed by atoms with Crippen LogP contribution in [0.5, 0.6) is 5.75 Å². The first kappa shape index (κ1) is 18.3. The summed E-state index contributed by atoms with van der Waals surface area (Å²) in [6.07, 6.45) is 4.92. The maximum Gasteiger partial charge on any atom is 0.255 e. The number of amides is 2. The summed E-state index contributed by atoms with van der Waals surface area (Å²) in [6, 6.07) is 7.31. The Labute approximate surface area is 164 Å². The van der Waals surface area contributed by atoms with Crippen LogP contribution in [0, 0.1) is 6.92 Å². The van der Waals surface area contributed by atoms with E-state index in [-0.39, 0.29) is 11.8 Å². The zero-order chi connectivity index (χ0) is 19.7. The first-order chi connectivity index (χ1) is 13.6. The fraction of sp³-hybridized carbons (Fsp3) is 0.381. The molecule has 0 radical (unpaired) electrons. The maximum absolute atomic E-state index is 12.7. The molecule has 2 aromatic rings. The molecular weight excluding hydrogens is 356 g/mol. The van der Waals surface area contributed by atoms with Gasteiger partial charge in [-0.25, -0.2) is 4.98 Å². The number of piperidine rings is 1. The number of anilines is 2. The number of aromatic nitrogens is 1. The molecule has 7 nitrogen and oxygen atoms in total. The van der Waals surface area contributed by atoms with Crippen molar-refractivity contribution >= 4 is 23.3 Å². The van der Waals surface area contributed by atoms with E-state index in [4.69, 9.17) is 4.74 Å². The lowest BCUT2D eigenvalue weighted by Gasteiger charge is -2.26. The average Bonchev–Trinajstić information content (AvgIpc) is 3.16. The van der Waals surface area contributed by atoms with Crippen molar-refractivity contribution in [1.29, 1.82) is 0 Å². The zero-order valence-corrected chi connectivity index (χ0v) is 16.2. The predicted molar refractivity (Wildman–Crippen MR) is 106 cm³/mol. The Morgan fingerprint density at radius 1 is 1.11 bits per heavy atom. The number of ether oxygens (including phenoxy) is 1. The molecule has 146 valence electrons. The fourth-order valence-electron chi connectivity index (χ4n) is 3.77. The molecule has 0 atom stereocenters. The predicted octanol–water partition coefficient (Wildman–Crippen LogP) is 2.86.